The number of hydrogen-bond acceptors (Lipinski definition) is 1. The van der Waals surface area contributed by atoms with E-state index in [0.29, 0.717) is 5.92 Å². The molecule has 0 heterocycles. The lowest BCUT2D eigenvalue weighted by molar-refractivity contribution is 0.00333. The summed E-state index contributed by atoms with van der Waals surface area (Å²) in [4.78, 5) is 0. The third-order valence-corrected chi connectivity index (χ3v) is 3.22. The first-order chi connectivity index (χ1) is 5.55. The van der Waals surface area contributed by atoms with Crippen molar-refractivity contribution in [1.82, 2.24) is 0 Å². The zero-order valence-electron chi connectivity index (χ0n) is 8.21. The summed E-state index contributed by atoms with van der Waals surface area (Å²) in [5.74, 6) is 1.36. The summed E-state index contributed by atoms with van der Waals surface area (Å²) < 4.78 is 0. The highest BCUT2D eigenvalue weighted by Gasteiger charge is 2.29. The molecule has 1 unspecified atom stereocenters. The van der Waals surface area contributed by atoms with Crippen LogP contribution in [0.1, 0.15) is 39.5 Å². The van der Waals surface area contributed by atoms with Crippen molar-refractivity contribution in [3.8, 4) is 0 Å². The topological polar surface area (TPSA) is 20.2 Å². The minimum Gasteiger partial charge on any atom is -0.390 e. The second-order valence-corrected chi connectivity index (χ2v) is 4.43. The Balaban J connectivity index is 2.40. The van der Waals surface area contributed by atoms with Crippen molar-refractivity contribution in [2.45, 2.75) is 45.1 Å². The highest BCUT2D eigenvalue weighted by Crippen LogP contribution is 2.35. The van der Waals surface area contributed by atoms with Gasteiger partial charge < -0.3 is 5.11 Å². The minimum absolute atomic E-state index is 0.391. The Morgan fingerprint density at radius 3 is 2.42 bits per heavy atom. The van der Waals surface area contributed by atoms with Crippen molar-refractivity contribution < 1.29 is 5.11 Å². The van der Waals surface area contributed by atoms with Crippen LogP contribution < -0.4 is 0 Å². The molecule has 1 aliphatic rings. The Hall–Kier alpha value is -0.300. The van der Waals surface area contributed by atoms with Gasteiger partial charge in [-0.3, -0.25) is 0 Å². The number of allylic oxidation sites excluding steroid dienone is 1. The summed E-state index contributed by atoms with van der Waals surface area (Å²) in [6, 6.07) is 0. The smallest absolute Gasteiger partial charge is 0.0620 e. The van der Waals surface area contributed by atoms with Crippen LogP contribution in [0.15, 0.2) is 12.7 Å². The Kier molecular flexibility index (Phi) is 2.94. The maximum absolute atomic E-state index is 9.72. The maximum atomic E-state index is 9.72. The summed E-state index contributed by atoms with van der Waals surface area (Å²) >= 11 is 0. The van der Waals surface area contributed by atoms with Gasteiger partial charge in [-0.15, -0.1) is 6.58 Å². The average molecular weight is 168 g/mol. The Bertz CT molecular complexity index is 150. The first-order valence-electron chi connectivity index (χ1n) is 4.90. The molecule has 1 rings (SSSR count). The molecule has 0 aromatic carbocycles. The fraction of sp³-hybridized carbons (Fsp3) is 0.818. The van der Waals surface area contributed by atoms with E-state index < -0.39 is 5.60 Å². The molecule has 0 amide bonds. The molecule has 0 saturated heterocycles. The largest absolute Gasteiger partial charge is 0.390 e. The van der Waals surface area contributed by atoms with Crippen molar-refractivity contribution in [3.05, 3.63) is 12.7 Å². The molecular formula is C11H20O. The molecule has 70 valence electrons. The monoisotopic (exact) mass is 168 g/mol. The van der Waals surface area contributed by atoms with Crippen molar-refractivity contribution >= 4 is 0 Å². The van der Waals surface area contributed by atoms with Gasteiger partial charge in [0.1, 0.15) is 0 Å². The van der Waals surface area contributed by atoms with Gasteiger partial charge in [-0.1, -0.05) is 13.0 Å². The summed E-state index contributed by atoms with van der Waals surface area (Å²) in [5, 5.41) is 9.72. The van der Waals surface area contributed by atoms with Gasteiger partial charge in [-0.05, 0) is 44.4 Å². The first kappa shape index (κ1) is 9.79. The molecule has 1 nitrogen and oxygen atoms in total. The third kappa shape index (κ3) is 2.34. The molecule has 1 fully saturated rings. The van der Waals surface area contributed by atoms with Crippen LogP contribution in [-0.2, 0) is 0 Å². The van der Waals surface area contributed by atoms with Crippen LogP contribution in [0.4, 0.5) is 0 Å². The van der Waals surface area contributed by atoms with E-state index in [-0.39, 0.29) is 0 Å². The Labute approximate surface area is 75.5 Å². The molecule has 0 spiro atoms. The lowest BCUT2D eigenvalue weighted by Gasteiger charge is -2.35. The molecule has 1 heteroatoms. The van der Waals surface area contributed by atoms with Crippen LogP contribution in [0.3, 0.4) is 0 Å². The van der Waals surface area contributed by atoms with Crippen molar-refractivity contribution in [3.63, 3.8) is 0 Å². The molecule has 0 bridgehead atoms. The zero-order chi connectivity index (χ0) is 9.19. The average Bonchev–Trinajstić information content (AvgIpc) is 2.03. The summed E-state index contributed by atoms with van der Waals surface area (Å²) in [6.07, 6.45) is 6.25. The van der Waals surface area contributed by atoms with Crippen LogP contribution in [-0.4, -0.2) is 10.7 Å². The SMILES string of the molecule is C=CC(C)C1CCC(C)(O)CC1. The Morgan fingerprint density at radius 1 is 1.50 bits per heavy atom. The predicted octanol–water partition coefficient (Wildman–Crippen LogP) is 2.75. The normalized spacial score (nSPS) is 39.1. The molecule has 1 aliphatic carbocycles. The van der Waals surface area contributed by atoms with E-state index in [1.54, 1.807) is 0 Å². The van der Waals surface area contributed by atoms with Gasteiger partial charge in [0.05, 0.1) is 5.60 Å². The molecule has 0 aromatic heterocycles. The van der Waals surface area contributed by atoms with Crippen LogP contribution in [0.2, 0.25) is 0 Å². The number of rotatable bonds is 2. The van der Waals surface area contributed by atoms with Gasteiger partial charge in [-0.25, -0.2) is 0 Å². The first-order valence-corrected chi connectivity index (χ1v) is 4.90. The van der Waals surface area contributed by atoms with Crippen molar-refractivity contribution in [2.24, 2.45) is 11.8 Å². The van der Waals surface area contributed by atoms with Gasteiger partial charge in [0, 0.05) is 0 Å². The van der Waals surface area contributed by atoms with Gasteiger partial charge >= 0.3 is 0 Å². The molecule has 0 radical (unpaired) electrons. The Morgan fingerprint density at radius 2 is 2.00 bits per heavy atom. The molecular weight excluding hydrogens is 148 g/mol. The van der Waals surface area contributed by atoms with E-state index in [1.807, 2.05) is 13.0 Å². The van der Waals surface area contributed by atoms with Crippen molar-refractivity contribution in [2.75, 3.05) is 0 Å². The van der Waals surface area contributed by atoms with Crippen LogP contribution in [0.5, 0.6) is 0 Å². The van der Waals surface area contributed by atoms with E-state index in [0.717, 1.165) is 31.6 Å². The van der Waals surface area contributed by atoms with Gasteiger partial charge in [0.15, 0.2) is 0 Å². The number of hydrogen-bond donors (Lipinski definition) is 1. The minimum atomic E-state index is -0.391. The summed E-state index contributed by atoms with van der Waals surface area (Å²) in [6.45, 7) is 7.98. The fourth-order valence-electron chi connectivity index (χ4n) is 1.98. The quantitative estimate of drug-likeness (QED) is 0.629. The van der Waals surface area contributed by atoms with Gasteiger partial charge in [0.25, 0.3) is 0 Å². The van der Waals surface area contributed by atoms with Crippen LogP contribution in [0, 0.1) is 11.8 Å². The number of aliphatic hydroxyl groups is 1. The molecule has 0 aliphatic heterocycles. The fourth-order valence-corrected chi connectivity index (χ4v) is 1.98. The standard InChI is InChI=1S/C11H20O/c1-4-9(2)10-5-7-11(3,12)8-6-10/h4,9-10,12H,1,5-8H2,2-3H3. The zero-order valence-corrected chi connectivity index (χ0v) is 8.21. The highest BCUT2D eigenvalue weighted by molar-refractivity contribution is 4.88. The van der Waals surface area contributed by atoms with Crippen molar-refractivity contribution in [1.29, 1.82) is 0 Å². The second kappa shape index (κ2) is 3.61. The lowest BCUT2D eigenvalue weighted by atomic mass is 9.75. The van der Waals surface area contributed by atoms with E-state index in [2.05, 4.69) is 13.5 Å². The molecule has 1 atom stereocenters. The van der Waals surface area contributed by atoms with Gasteiger partial charge in [-0.2, -0.15) is 0 Å². The third-order valence-electron chi connectivity index (χ3n) is 3.22. The second-order valence-electron chi connectivity index (χ2n) is 4.43. The van der Waals surface area contributed by atoms with Crippen LogP contribution in [0.25, 0.3) is 0 Å². The predicted molar refractivity (Wildman–Crippen MR) is 51.9 cm³/mol. The maximum Gasteiger partial charge on any atom is 0.0620 e. The summed E-state index contributed by atoms with van der Waals surface area (Å²) in [7, 11) is 0. The molecule has 1 saturated carbocycles. The molecule has 12 heavy (non-hydrogen) atoms. The van der Waals surface area contributed by atoms with E-state index in [4.69, 9.17) is 0 Å². The van der Waals surface area contributed by atoms with E-state index in [1.165, 1.54) is 0 Å². The van der Waals surface area contributed by atoms with Gasteiger partial charge in [0.2, 0.25) is 0 Å². The molecule has 0 aromatic rings. The highest BCUT2D eigenvalue weighted by atomic mass is 16.3. The van der Waals surface area contributed by atoms with Crippen LogP contribution >= 0.6 is 0 Å². The van der Waals surface area contributed by atoms with E-state index >= 15 is 0 Å². The lowest BCUT2D eigenvalue weighted by Crippen LogP contribution is -2.31. The van der Waals surface area contributed by atoms with E-state index in [9.17, 15) is 5.11 Å². The molecule has 1 N–H and O–H groups in total. The summed E-state index contributed by atoms with van der Waals surface area (Å²) in [5.41, 5.74) is -0.391.